The molecule has 0 amide bonds. The molecule has 0 aliphatic carbocycles. The summed E-state index contributed by atoms with van der Waals surface area (Å²) in [6.45, 7) is 4.44. The van der Waals surface area contributed by atoms with Crippen LogP contribution in [0.1, 0.15) is 24.2 Å². The molecular weight excluding hydrogens is 329 g/mol. The van der Waals surface area contributed by atoms with E-state index in [9.17, 15) is 9.18 Å². The summed E-state index contributed by atoms with van der Waals surface area (Å²) in [5.74, 6) is 0.825. The number of halogens is 1. The van der Waals surface area contributed by atoms with Gasteiger partial charge in [0.2, 0.25) is 0 Å². The number of Topliss-reactive ketones (excluding diaryl/α,β-unsaturated/α-hetero) is 1. The van der Waals surface area contributed by atoms with Crippen LogP contribution in [0.15, 0.2) is 52.2 Å². The Hall–Kier alpha value is -2.41. The summed E-state index contributed by atoms with van der Waals surface area (Å²) in [6.07, 6.45) is 1.58. The van der Waals surface area contributed by atoms with Crippen LogP contribution in [0.4, 0.5) is 4.39 Å². The first-order valence-corrected chi connectivity index (χ1v) is 8.41. The molecule has 0 radical (unpaired) electrons. The van der Waals surface area contributed by atoms with Crippen molar-refractivity contribution in [1.29, 1.82) is 0 Å². The molecule has 1 atom stereocenters. The first kappa shape index (κ1) is 16.4. The molecule has 0 bridgehead atoms. The molecular formula is C17H16FN3O2S. The lowest BCUT2D eigenvalue weighted by Gasteiger charge is -2.11. The van der Waals surface area contributed by atoms with Crippen molar-refractivity contribution in [2.45, 2.75) is 30.8 Å². The molecule has 0 spiro atoms. The highest BCUT2D eigenvalue weighted by Gasteiger charge is 2.22. The minimum Gasteiger partial charge on any atom is -0.461 e. The molecule has 2 heterocycles. The van der Waals surface area contributed by atoms with Crippen molar-refractivity contribution in [2.24, 2.45) is 0 Å². The van der Waals surface area contributed by atoms with E-state index >= 15 is 0 Å². The summed E-state index contributed by atoms with van der Waals surface area (Å²) in [4.78, 5) is 12.5. The van der Waals surface area contributed by atoms with Crippen LogP contribution >= 0.6 is 11.8 Å². The highest BCUT2D eigenvalue weighted by atomic mass is 32.2. The molecule has 0 saturated carbocycles. The SMILES string of the molecule is CCn1c(SC(C)C(=O)c2ccc(F)cc2)nnc1-c1ccco1. The molecule has 3 aromatic rings. The Bertz CT molecular complexity index is 828. The van der Waals surface area contributed by atoms with E-state index in [2.05, 4.69) is 10.2 Å². The van der Waals surface area contributed by atoms with Gasteiger partial charge in [0.05, 0.1) is 11.5 Å². The van der Waals surface area contributed by atoms with Crippen LogP contribution in [0.2, 0.25) is 0 Å². The molecule has 1 unspecified atom stereocenters. The van der Waals surface area contributed by atoms with Gasteiger partial charge in [0.1, 0.15) is 5.82 Å². The van der Waals surface area contributed by atoms with Crippen LogP contribution in [-0.4, -0.2) is 25.8 Å². The number of rotatable bonds is 6. The number of hydrogen-bond acceptors (Lipinski definition) is 5. The lowest BCUT2D eigenvalue weighted by Crippen LogP contribution is -2.14. The maximum Gasteiger partial charge on any atom is 0.200 e. The van der Waals surface area contributed by atoms with E-state index in [1.165, 1.54) is 36.0 Å². The van der Waals surface area contributed by atoms with E-state index < -0.39 is 0 Å². The van der Waals surface area contributed by atoms with Gasteiger partial charge in [-0.2, -0.15) is 0 Å². The third kappa shape index (κ3) is 3.26. The zero-order valence-electron chi connectivity index (χ0n) is 13.3. The van der Waals surface area contributed by atoms with Crippen LogP contribution in [0, 0.1) is 5.82 Å². The van der Waals surface area contributed by atoms with Gasteiger partial charge in [-0.25, -0.2) is 4.39 Å². The second kappa shape index (κ2) is 7.00. The zero-order valence-corrected chi connectivity index (χ0v) is 14.1. The third-order valence-corrected chi connectivity index (χ3v) is 4.64. The van der Waals surface area contributed by atoms with Crippen molar-refractivity contribution in [1.82, 2.24) is 14.8 Å². The third-order valence-electron chi connectivity index (χ3n) is 3.55. The van der Waals surface area contributed by atoms with Crippen molar-refractivity contribution < 1.29 is 13.6 Å². The normalized spacial score (nSPS) is 12.3. The van der Waals surface area contributed by atoms with Gasteiger partial charge in [-0.15, -0.1) is 10.2 Å². The van der Waals surface area contributed by atoms with Crippen LogP contribution in [0.5, 0.6) is 0 Å². The number of thioether (sulfide) groups is 1. The van der Waals surface area contributed by atoms with Crippen molar-refractivity contribution in [2.75, 3.05) is 0 Å². The van der Waals surface area contributed by atoms with Crippen molar-refractivity contribution in [3.05, 3.63) is 54.0 Å². The van der Waals surface area contributed by atoms with Crippen LogP contribution in [0.3, 0.4) is 0 Å². The number of hydrogen-bond donors (Lipinski definition) is 0. The molecule has 24 heavy (non-hydrogen) atoms. The number of nitrogens with zero attached hydrogens (tertiary/aromatic N) is 3. The Morgan fingerprint density at radius 2 is 2.04 bits per heavy atom. The Labute approximate surface area is 142 Å². The monoisotopic (exact) mass is 345 g/mol. The fraction of sp³-hybridized carbons (Fsp3) is 0.235. The summed E-state index contributed by atoms with van der Waals surface area (Å²) in [7, 11) is 0. The van der Waals surface area contributed by atoms with Gasteiger partial charge in [0.15, 0.2) is 22.5 Å². The number of aromatic nitrogens is 3. The smallest absolute Gasteiger partial charge is 0.200 e. The summed E-state index contributed by atoms with van der Waals surface area (Å²) < 4.78 is 20.3. The minimum atomic E-state index is -0.366. The molecule has 0 N–H and O–H groups in total. The first-order valence-electron chi connectivity index (χ1n) is 7.53. The maximum absolute atomic E-state index is 13.0. The molecule has 124 valence electrons. The zero-order chi connectivity index (χ0) is 17.1. The second-order valence-corrected chi connectivity index (χ2v) is 6.47. The Morgan fingerprint density at radius 3 is 2.67 bits per heavy atom. The standard InChI is InChI=1S/C17H16FN3O2S/c1-3-21-16(14-5-4-10-23-14)19-20-17(21)24-11(2)15(22)12-6-8-13(18)9-7-12/h4-11H,3H2,1-2H3. The number of furan rings is 1. The van der Waals surface area contributed by atoms with Gasteiger partial charge in [-0.1, -0.05) is 11.8 Å². The first-order chi connectivity index (χ1) is 11.6. The van der Waals surface area contributed by atoms with Crippen molar-refractivity contribution >= 4 is 17.5 Å². The molecule has 0 aliphatic heterocycles. The Balaban J connectivity index is 1.80. The van der Waals surface area contributed by atoms with Gasteiger partial charge in [-0.3, -0.25) is 9.36 Å². The predicted octanol–water partition coefficient (Wildman–Crippen LogP) is 4.06. The fourth-order valence-corrected chi connectivity index (χ4v) is 3.30. The number of benzene rings is 1. The largest absolute Gasteiger partial charge is 0.461 e. The maximum atomic E-state index is 13.0. The highest BCUT2D eigenvalue weighted by Crippen LogP contribution is 2.28. The molecule has 5 nitrogen and oxygen atoms in total. The number of carbonyl (C=O) groups excluding carboxylic acids is 1. The number of carbonyl (C=O) groups is 1. The van der Waals surface area contributed by atoms with Gasteiger partial charge in [0.25, 0.3) is 0 Å². The van der Waals surface area contributed by atoms with Crippen molar-refractivity contribution in [3.63, 3.8) is 0 Å². The minimum absolute atomic E-state index is 0.0785. The predicted molar refractivity (Wildman–Crippen MR) is 89.4 cm³/mol. The van der Waals surface area contributed by atoms with E-state index in [1.54, 1.807) is 19.3 Å². The topological polar surface area (TPSA) is 60.9 Å². The van der Waals surface area contributed by atoms with Crippen LogP contribution < -0.4 is 0 Å². The highest BCUT2D eigenvalue weighted by molar-refractivity contribution is 8.00. The summed E-state index contributed by atoms with van der Waals surface area (Å²) in [5.41, 5.74) is 0.477. The summed E-state index contributed by atoms with van der Waals surface area (Å²) in [5, 5.41) is 8.62. The number of ketones is 1. The van der Waals surface area contributed by atoms with E-state index in [0.29, 0.717) is 28.8 Å². The Morgan fingerprint density at radius 1 is 1.29 bits per heavy atom. The molecule has 0 aliphatic rings. The van der Waals surface area contributed by atoms with E-state index in [-0.39, 0.29) is 16.9 Å². The van der Waals surface area contributed by atoms with Gasteiger partial charge < -0.3 is 4.42 Å². The van der Waals surface area contributed by atoms with Crippen LogP contribution in [0.25, 0.3) is 11.6 Å². The van der Waals surface area contributed by atoms with Gasteiger partial charge >= 0.3 is 0 Å². The van der Waals surface area contributed by atoms with Gasteiger partial charge in [0, 0.05) is 12.1 Å². The molecule has 2 aromatic heterocycles. The Kier molecular flexibility index (Phi) is 4.80. The van der Waals surface area contributed by atoms with E-state index in [4.69, 9.17) is 4.42 Å². The quantitative estimate of drug-likeness (QED) is 0.498. The van der Waals surface area contributed by atoms with Gasteiger partial charge in [-0.05, 0) is 50.2 Å². The average molecular weight is 345 g/mol. The molecule has 7 heteroatoms. The lowest BCUT2D eigenvalue weighted by atomic mass is 10.1. The van der Waals surface area contributed by atoms with E-state index in [1.807, 2.05) is 17.6 Å². The average Bonchev–Trinajstić information content (AvgIpc) is 3.23. The molecule has 0 fully saturated rings. The molecule has 0 saturated heterocycles. The lowest BCUT2D eigenvalue weighted by molar-refractivity contribution is 0.0994. The second-order valence-electron chi connectivity index (χ2n) is 5.16. The van der Waals surface area contributed by atoms with Crippen molar-refractivity contribution in [3.8, 4) is 11.6 Å². The van der Waals surface area contributed by atoms with Crippen LogP contribution in [-0.2, 0) is 6.54 Å². The molecule has 3 rings (SSSR count). The summed E-state index contributed by atoms with van der Waals surface area (Å²) in [6, 6.07) is 9.17. The summed E-state index contributed by atoms with van der Waals surface area (Å²) >= 11 is 1.32. The van der Waals surface area contributed by atoms with E-state index in [0.717, 1.165) is 0 Å². The fourth-order valence-electron chi connectivity index (χ4n) is 2.31. The molecule has 1 aromatic carbocycles.